The van der Waals surface area contributed by atoms with E-state index in [-0.39, 0.29) is 29.6 Å². The van der Waals surface area contributed by atoms with Gasteiger partial charge in [-0.15, -0.1) is 0 Å². The third-order valence-corrected chi connectivity index (χ3v) is 4.95. The van der Waals surface area contributed by atoms with Crippen molar-refractivity contribution in [2.45, 2.75) is 39.7 Å². The van der Waals surface area contributed by atoms with E-state index in [1.165, 1.54) is 7.11 Å². The number of methoxy groups -OCH3 is 1. The van der Waals surface area contributed by atoms with Crippen LogP contribution < -0.4 is 5.32 Å². The first-order valence-electron chi connectivity index (χ1n) is 9.08. The van der Waals surface area contributed by atoms with E-state index < -0.39 is 6.04 Å². The minimum Gasteiger partial charge on any atom is -0.469 e. The molecule has 1 N–H and O–H groups in total. The number of ether oxygens (including phenoxy) is 1. The normalized spacial score (nSPS) is 16.3. The maximum atomic E-state index is 12.9. The number of nitrogens with one attached hydrogen (secondary N) is 1. The molecule has 6 heteroatoms. The summed E-state index contributed by atoms with van der Waals surface area (Å²) in [5.41, 5.74) is 1.45. The highest BCUT2D eigenvalue weighted by Crippen LogP contribution is 2.20. The summed E-state index contributed by atoms with van der Waals surface area (Å²) in [4.78, 5) is 38.9. The summed E-state index contributed by atoms with van der Waals surface area (Å²) in [6.45, 7) is 6.71. The van der Waals surface area contributed by atoms with Gasteiger partial charge in [-0.1, -0.05) is 32.0 Å². The number of amides is 2. The van der Waals surface area contributed by atoms with Crippen molar-refractivity contribution in [3.8, 4) is 0 Å². The predicted octanol–water partition coefficient (Wildman–Crippen LogP) is 2.16. The molecule has 2 amide bonds. The van der Waals surface area contributed by atoms with Gasteiger partial charge in [-0.05, 0) is 37.3 Å². The highest BCUT2D eigenvalue weighted by Gasteiger charge is 2.33. The fraction of sp³-hybridized carbons (Fsp3) is 0.550. The second kappa shape index (κ2) is 8.83. The highest BCUT2D eigenvalue weighted by molar-refractivity contribution is 5.98. The van der Waals surface area contributed by atoms with Crippen molar-refractivity contribution in [2.24, 2.45) is 11.8 Å². The zero-order valence-corrected chi connectivity index (χ0v) is 16.0. The summed E-state index contributed by atoms with van der Waals surface area (Å²) in [5.74, 6) is -0.730. The van der Waals surface area contributed by atoms with E-state index in [2.05, 4.69) is 5.32 Å². The van der Waals surface area contributed by atoms with Crippen LogP contribution in [0.1, 0.15) is 42.6 Å². The molecule has 0 aromatic heterocycles. The summed E-state index contributed by atoms with van der Waals surface area (Å²) < 4.78 is 4.78. The molecule has 2 rings (SSSR count). The van der Waals surface area contributed by atoms with Gasteiger partial charge in [-0.3, -0.25) is 14.4 Å². The number of likely N-dealkylation sites (tertiary alicyclic amines) is 1. The van der Waals surface area contributed by atoms with Gasteiger partial charge in [0.2, 0.25) is 5.91 Å². The molecule has 0 radical (unpaired) electrons. The van der Waals surface area contributed by atoms with Crippen LogP contribution in [0.25, 0.3) is 0 Å². The van der Waals surface area contributed by atoms with Crippen LogP contribution in [0.4, 0.5) is 0 Å². The Morgan fingerprint density at radius 2 is 1.77 bits per heavy atom. The van der Waals surface area contributed by atoms with Gasteiger partial charge in [-0.2, -0.15) is 0 Å². The Morgan fingerprint density at radius 3 is 2.31 bits per heavy atom. The fourth-order valence-electron chi connectivity index (χ4n) is 3.26. The highest BCUT2D eigenvalue weighted by atomic mass is 16.5. The first-order valence-corrected chi connectivity index (χ1v) is 9.08. The molecule has 1 atom stereocenters. The van der Waals surface area contributed by atoms with Crippen molar-refractivity contribution >= 4 is 17.8 Å². The van der Waals surface area contributed by atoms with E-state index in [9.17, 15) is 14.4 Å². The Hall–Kier alpha value is -2.37. The lowest BCUT2D eigenvalue weighted by Gasteiger charge is -2.34. The first-order chi connectivity index (χ1) is 12.3. The number of hydrogen-bond donors (Lipinski definition) is 1. The predicted molar refractivity (Wildman–Crippen MR) is 98.6 cm³/mol. The van der Waals surface area contributed by atoms with Crippen LogP contribution in [-0.2, 0) is 14.3 Å². The molecule has 142 valence electrons. The van der Waals surface area contributed by atoms with Crippen molar-refractivity contribution in [3.05, 3.63) is 35.4 Å². The largest absolute Gasteiger partial charge is 0.469 e. The van der Waals surface area contributed by atoms with Gasteiger partial charge in [0.15, 0.2) is 0 Å². The summed E-state index contributed by atoms with van der Waals surface area (Å²) in [6.07, 6.45) is 1.18. The standard InChI is InChI=1S/C20H28N2O4/c1-13(2)17(21-18(23)16-8-6-5-7-14(16)3)19(24)22-11-9-15(10-12-22)20(25)26-4/h5-8,13,15,17H,9-12H2,1-4H3,(H,21,23). The van der Waals surface area contributed by atoms with Crippen LogP contribution in [0.5, 0.6) is 0 Å². The van der Waals surface area contributed by atoms with E-state index in [4.69, 9.17) is 4.74 Å². The molecule has 0 bridgehead atoms. The minimum atomic E-state index is -0.586. The summed E-state index contributed by atoms with van der Waals surface area (Å²) in [5, 5.41) is 2.89. The van der Waals surface area contributed by atoms with Gasteiger partial charge in [0, 0.05) is 18.7 Å². The molecule has 1 aromatic carbocycles. The molecule has 26 heavy (non-hydrogen) atoms. The lowest BCUT2D eigenvalue weighted by molar-refractivity contribution is -0.149. The topological polar surface area (TPSA) is 75.7 Å². The summed E-state index contributed by atoms with van der Waals surface area (Å²) in [6, 6.07) is 6.73. The molecule has 1 heterocycles. The summed E-state index contributed by atoms with van der Waals surface area (Å²) >= 11 is 0. The van der Waals surface area contributed by atoms with Crippen LogP contribution >= 0.6 is 0 Å². The Labute approximate surface area is 154 Å². The van der Waals surface area contributed by atoms with Gasteiger partial charge < -0.3 is 15.0 Å². The molecule has 1 aliphatic rings. The third kappa shape index (κ3) is 4.62. The molecule has 0 spiro atoms. The van der Waals surface area contributed by atoms with Crippen LogP contribution in [0.15, 0.2) is 24.3 Å². The van der Waals surface area contributed by atoms with E-state index >= 15 is 0 Å². The van der Waals surface area contributed by atoms with Gasteiger partial charge in [0.05, 0.1) is 13.0 Å². The molecule has 1 unspecified atom stereocenters. The Kier molecular flexibility index (Phi) is 6.77. The lowest BCUT2D eigenvalue weighted by atomic mass is 9.95. The van der Waals surface area contributed by atoms with E-state index in [1.54, 1.807) is 11.0 Å². The Balaban J connectivity index is 2.03. The van der Waals surface area contributed by atoms with E-state index in [0.717, 1.165) is 5.56 Å². The van der Waals surface area contributed by atoms with Gasteiger partial charge in [0.1, 0.15) is 6.04 Å². The smallest absolute Gasteiger partial charge is 0.308 e. The number of esters is 1. The molecule has 1 aliphatic heterocycles. The first kappa shape index (κ1) is 19.9. The average Bonchev–Trinajstić information content (AvgIpc) is 2.65. The molecule has 1 fully saturated rings. The van der Waals surface area contributed by atoms with E-state index in [1.807, 2.05) is 39.0 Å². The van der Waals surface area contributed by atoms with Gasteiger partial charge in [-0.25, -0.2) is 0 Å². The second-order valence-electron chi connectivity index (χ2n) is 7.13. The Morgan fingerprint density at radius 1 is 1.15 bits per heavy atom. The van der Waals surface area contributed by atoms with Crippen molar-refractivity contribution in [1.29, 1.82) is 0 Å². The molecule has 6 nitrogen and oxygen atoms in total. The van der Waals surface area contributed by atoms with Crippen LogP contribution in [0.2, 0.25) is 0 Å². The molecular weight excluding hydrogens is 332 g/mol. The zero-order valence-electron chi connectivity index (χ0n) is 16.0. The maximum absolute atomic E-state index is 12.9. The number of piperidine rings is 1. The lowest BCUT2D eigenvalue weighted by Crippen LogP contribution is -2.53. The maximum Gasteiger partial charge on any atom is 0.308 e. The number of carbonyl (C=O) groups is 3. The van der Waals surface area contributed by atoms with Crippen LogP contribution in [0.3, 0.4) is 0 Å². The number of rotatable bonds is 5. The second-order valence-corrected chi connectivity index (χ2v) is 7.13. The average molecular weight is 360 g/mol. The quantitative estimate of drug-likeness (QED) is 0.817. The molecule has 0 aliphatic carbocycles. The SMILES string of the molecule is COC(=O)C1CCN(C(=O)C(NC(=O)c2ccccc2C)C(C)C)CC1. The van der Waals surface area contributed by atoms with Crippen molar-refractivity contribution in [3.63, 3.8) is 0 Å². The van der Waals surface area contributed by atoms with Crippen LogP contribution in [0, 0.1) is 18.8 Å². The number of nitrogens with zero attached hydrogens (tertiary/aromatic N) is 1. The zero-order chi connectivity index (χ0) is 19.3. The summed E-state index contributed by atoms with van der Waals surface area (Å²) in [7, 11) is 1.38. The molecular formula is C20H28N2O4. The molecule has 1 aromatic rings. The molecule has 0 saturated carbocycles. The minimum absolute atomic E-state index is 0.0335. The Bertz CT molecular complexity index is 664. The third-order valence-electron chi connectivity index (χ3n) is 4.95. The van der Waals surface area contributed by atoms with Crippen molar-refractivity contribution in [2.75, 3.05) is 20.2 Å². The number of carbonyl (C=O) groups excluding carboxylic acids is 3. The van der Waals surface area contributed by atoms with Crippen LogP contribution in [-0.4, -0.2) is 48.9 Å². The van der Waals surface area contributed by atoms with Gasteiger partial charge >= 0.3 is 5.97 Å². The number of hydrogen-bond acceptors (Lipinski definition) is 4. The van der Waals surface area contributed by atoms with E-state index in [0.29, 0.717) is 31.5 Å². The van der Waals surface area contributed by atoms with Crippen molar-refractivity contribution < 1.29 is 19.1 Å². The fourth-order valence-corrected chi connectivity index (χ4v) is 3.26. The monoisotopic (exact) mass is 360 g/mol. The van der Waals surface area contributed by atoms with Gasteiger partial charge in [0.25, 0.3) is 5.91 Å². The van der Waals surface area contributed by atoms with Crippen molar-refractivity contribution in [1.82, 2.24) is 10.2 Å². The number of benzene rings is 1. The number of aryl methyl sites for hydroxylation is 1. The molecule has 1 saturated heterocycles.